The fourth-order valence-electron chi connectivity index (χ4n) is 1.56. The van der Waals surface area contributed by atoms with E-state index in [9.17, 15) is 9.59 Å². The molecule has 96 valence electrons. The second kappa shape index (κ2) is 5.77. The first-order valence-electron chi connectivity index (χ1n) is 5.67. The van der Waals surface area contributed by atoms with Gasteiger partial charge in [-0.15, -0.1) is 0 Å². The van der Waals surface area contributed by atoms with Crippen molar-refractivity contribution in [3.8, 4) is 0 Å². The zero-order valence-corrected chi connectivity index (χ0v) is 10.0. The van der Waals surface area contributed by atoms with Gasteiger partial charge in [-0.05, 0) is 11.6 Å². The number of pyridine rings is 1. The molecule has 0 aliphatic carbocycles. The Morgan fingerprint density at radius 1 is 1.11 bits per heavy atom. The molecule has 0 aliphatic rings. The molecule has 5 heteroatoms. The van der Waals surface area contributed by atoms with Crippen LogP contribution in [0.25, 0.3) is 0 Å². The lowest BCUT2D eigenvalue weighted by molar-refractivity contribution is 0.0696. The minimum Gasteiger partial charge on any atom is -0.478 e. The monoisotopic (exact) mass is 256 g/mol. The predicted molar refractivity (Wildman–Crippen MR) is 68.8 cm³/mol. The number of aromatic carboxylic acids is 1. The van der Waals surface area contributed by atoms with Gasteiger partial charge in [0, 0.05) is 18.9 Å². The average Bonchev–Trinajstić information content (AvgIpc) is 2.46. The fraction of sp³-hybridized carbons (Fsp3) is 0.0714. The van der Waals surface area contributed by atoms with E-state index in [4.69, 9.17) is 5.11 Å². The molecule has 2 rings (SSSR count). The molecule has 0 aliphatic heterocycles. The van der Waals surface area contributed by atoms with Gasteiger partial charge < -0.3 is 10.4 Å². The third-order valence-electron chi connectivity index (χ3n) is 2.54. The number of amides is 1. The Bertz CT molecular complexity index is 597. The van der Waals surface area contributed by atoms with Crippen LogP contribution in [-0.4, -0.2) is 22.0 Å². The third-order valence-corrected chi connectivity index (χ3v) is 2.54. The van der Waals surface area contributed by atoms with Crippen LogP contribution in [0.3, 0.4) is 0 Å². The first kappa shape index (κ1) is 12.8. The number of hydrogen-bond acceptors (Lipinski definition) is 3. The normalized spacial score (nSPS) is 9.89. The highest BCUT2D eigenvalue weighted by Crippen LogP contribution is 2.04. The van der Waals surface area contributed by atoms with E-state index >= 15 is 0 Å². The quantitative estimate of drug-likeness (QED) is 0.872. The Kier molecular flexibility index (Phi) is 3.87. The first-order valence-corrected chi connectivity index (χ1v) is 5.67. The maximum atomic E-state index is 11.8. The van der Waals surface area contributed by atoms with E-state index in [1.54, 1.807) is 0 Å². The average molecular weight is 256 g/mol. The molecule has 1 amide bonds. The topological polar surface area (TPSA) is 79.3 Å². The SMILES string of the molecule is O=C(O)c1cncc(C(=O)NCc2ccccc2)c1. The Labute approximate surface area is 109 Å². The lowest BCUT2D eigenvalue weighted by atomic mass is 10.2. The summed E-state index contributed by atoms with van der Waals surface area (Å²) in [4.78, 5) is 26.4. The van der Waals surface area contributed by atoms with Crippen molar-refractivity contribution >= 4 is 11.9 Å². The zero-order chi connectivity index (χ0) is 13.7. The van der Waals surface area contributed by atoms with Crippen LogP contribution in [0.5, 0.6) is 0 Å². The lowest BCUT2D eigenvalue weighted by Crippen LogP contribution is -2.23. The maximum absolute atomic E-state index is 11.8. The molecule has 0 unspecified atom stereocenters. The van der Waals surface area contributed by atoms with Crippen molar-refractivity contribution < 1.29 is 14.7 Å². The molecule has 1 aromatic carbocycles. The van der Waals surface area contributed by atoms with E-state index in [-0.39, 0.29) is 17.0 Å². The van der Waals surface area contributed by atoms with Gasteiger partial charge in [-0.1, -0.05) is 30.3 Å². The number of carboxylic acid groups (broad SMARTS) is 1. The number of carbonyl (C=O) groups excluding carboxylic acids is 1. The summed E-state index contributed by atoms with van der Waals surface area (Å²) in [6.07, 6.45) is 2.54. The summed E-state index contributed by atoms with van der Waals surface area (Å²) in [6.45, 7) is 0.386. The standard InChI is InChI=1S/C14H12N2O3/c17-13(16-7-10-4-2-1-3-5-10)11-6-12(14(18)19)9-15-8-11/h1-6,8-9H,7H2,(H,16,17)(H,18,19). The predicted octanol–water partition coefficient (Wildman–Crippen LogP) is 1.71. The van der Waals surface area contributed by atoms with Crippen molar-refractivity contribution in [1.82, 2.24) is 10.3 Å². The summed E-state index contributed by atoms with van der Waals surface area (Å²) in [7, 11) is 0. The minimum atomic E-state index is -1.11. The second-order valence-electron chi connectivity index (χ2n) is 3.94. The number of carboxylic acids is 1. The van der Waals surface area contributed by atoms with Crippen LogP contribution < -0.4 is 5.32 Å². The van der Waals surface area contributed by atoms with E-state index in [1.807, 2.05) is 30.3 Å². The maximum Gasteiger partial charge on any atom is 0.337 e. The molecule has 1 heterocycles. The Morgan fingerprint density at radius 3 is 2.47 bits per heavy atom. The van der Waals surface area contributed by atoms with Crippen LogP contribution >= 0.6 is 0 Å². The Hall–Kier alpha value is -2.69. The molecule has 2 N–H and O–H groups in total. The molecular weight excluding hydrogens is 244 g/mol. The number of carbonyl (C=O) groups is 2. The Morgan fingerprint density at radius 2 is 1.79 bits per heavy atom. The summed E-state index contributed by atoms with van der Waals surface area (Å²) in [5, 5.41) is 11.5. The highest BCUT2D eigenvalue weighted by Gasteiger charge is 2.09. The van der Waals surface area contributed by atoms with Crippen LogP contribution in [0, 0.1) is 0 Å². The lowest BCUT2D eigenvalue weighted by Gasteiger charge is -2.05. The number of hydrogen-bond donors (Lipinski definition) is 2. The van der Waals surface area contributed by atoms with E-state index in [0.717, 1.165) is 5.56 Å². The van der Waals surface area contributed by atoms with E-state index in [1.165, 1.54) is 18.5 Å². The molecule has 0 saturated heterocycles. The summed E-state index contributed by atoms with van der Waals surface area (Å²) in [5.74, 6) is -1.45. The van der Waals surface area contributed by atoms with Gasteiger partial charge >= 0.3 is 5.97 Å². The van der Waals surface area contributed by atoms with E-state index < -0.39 is 5.97 Å². The van der Waals surface area contributed by atoms with E-state index in [0.29, 0.717) is 6.54 Å². The van der Waals surface area contributed by atoms with Crippen LogP contribution in [-0.2, 0) is 6.54 Å². The van der Waals surface area contributed by atoms with Crippen molar-refractivity contribution in [2.75, 3.05) is 0 Å². The molecule has 19 heavy (non-hydrogen) atoms. The van der Waals surface area contributed by atoms with Gasteiger partial charge in [0.2, 0.25) is 0 Å². The number of rotatable bonds is 4. The summed E-state index contributed by atoms with van der Waals surface area (Å²) in [5.41, 5.74) is 1.20. The number of nitrogens with zero attached hydrogens (tertiary/aromatic N) is 1. The summed E-state index contributed by atoms with van der Waals surface area (Å²) in [6, 6.07) is 10.8. The van der Waals surface area contributed by atoms with Crippen molar-refractivity contribution in [3.05, 3.63) is 65.5 Å². The van der Waals surface area contributed by atoms with Gasteiger partial charge in [-0.2, -0.15) is 0 Å². The van der Waals surface area contributed by atoms with Crippen LogP contribution in [0.4, 0.5) is 0 Å². The highest BCUT2D eigenvalue weighted by molar-refractivity contribution is 5.96. The fourth-order valence-corrected chi connectivity index (χ4v) is 1.56. The van der Waals surface area contributed by atoms with Crippen LogP contribution in [0.15, 0.2) is 48.8 Å². The minimum absolute atomic E-state index is 0.00707. The smallest absolute Gasteiger partial charge is 0.337 e. The molecule has 0 spiro atoms. The first-order chi connectivity index (χ1) is 9.16. The van der Waals surface area contributed by atoms with Crippen molar-refractivity contribution in [2.45, 2.75) is 6.54 Å². The number of aromatic nitrogens is 1. The van der Waals surface area contributed by atoms with Crippen LogP contribution in [0.2, 0.25) is 0 Å². The van der Waals surface area contributed by atoms with Crippen molar-refractivity contribution in [2.24, 2.45) is 0 Å². The van der Waals surface area contributed by atoms with Gasteiger partial charge in [0.05, 0.1) is 11.1 Å². The molecule has 2 aromatic rings. The number of nitrogens with one attached hydrogen (secondary N) is 1. The molecule has 0 saturated carbocycles. The van der Waals surface area contributed by atoms with Gasteiger partial charge in [0.1, 0.15) is 0 Å². The summed E-state index contributed by atoms with van der Waals surface area (Å²) >= 11 is 0. The molecule has 5 nitrogen and oxygen atoms in total. The van der Waals surface area contributed by atoms with Gasteiger partial charge in [-0.3, -0.25) is 9.78 Å². The highest BCUT2D eigenvalue weighted by atomic mass is 16.4. The largest absolute Gasteiger partial charge is 0.478 e. The van der Waals surface area contributed by atoms with Crippen molar-refractivity contribution in [1.29, 1.82) is 0 Å². The molecule has 1 aromatic heterocycles. The second-order valence-corrected chi connectivity index (χ2v) is 3.94. The molecule has 0 radical (unpaired) electrons. The zero-order valence-electron chi connectivity index (χ0n) is 10.0. The molecule has 0 atom stereocenters. The molecular formula is C14H12N2O3. The van der Waals surface area contributed by atoms with Gasteiger partial charge in [0.25, 0.3) is 5.91 Å². The van der Waals surface area contributed by atoms with Gasteiger partial charge in [-0.25, -0.2) is 4.79 Å². The molecule has 0 bridgehead atoms. The van der Waals surface area contributed by atoms with Crippen molar-refractivity contribution in [3.63, 3.8) is 0 Å². The Balaban J connectivity index is 2.04. The number of benzene rings is 1. The van der Waals surface area contributed by atoms with E-state index in [2.05, 4.69) is 10.3 Å². The summed E-state index contributed by atoms with van der Waals surface area (Å²) < 4.78 is 0. The van der Waals surface area contributed by atoms with Crippen LogP contribution in [0.1, 0.15) is 26.3 Å². The van der Waals surface area contributed by atoms with Gasteiger partial charge in [0.15, 0.2) is 0 Å². The third kappa shape index (κ3) is 3.38. The molecule has 0 fully saturated rings.